The molecule has 1 aliphatic carbocycles. The van der Waals surface area contributed by atoms with Crippen molar-refractivity contribution >= 4 is 22.9 Å². The summed E-state index contributed by atoms with van der Waals surface area (Å²) in [6.07, 6.45) is 4.20. The summed E-state index contributed by atoms with van der Waals surface area (Å²) in [6, 6.07) is 14.0. The lowest BCUT2D eigenvalue weighted by Gasteiger charge is -2.24. The smallest absolute Gasteiger partial charge is 0.411 e. The Morgan fingerprint density at radius 3 is 2.56 bits per heavy atom. The molecular formula is C27H30FN3O3. The predicted octanol–water partition coefficient (Wildman–Crippen LogP) is 5.91. The molecule has 3 N–H and O–H groups in total. The van der Waals surface area contributed by atoms with Crippen LogP contribution in [0.3, 0.4) is 0 Å². The lowest BCUT2D eigenvalue weighted by atomic mass is 9.93. The van der Waals surface area contributed by atoms with E-state index in [2.05, 4.69) is 15.6 Å². The van der Waals surface area contributed by atoms with Crippen molar-refractivity contribution in [1.82, 2.24) is 15.6 Å². The van der Waals surface area contributed by atoms with Crippen molar-refractivity contribution in [2.75, 3.05) is 6.54 Å². The molecule has 2 amide bonds. The van der Waals surface area contributed by atoms with Gasteiger partial charge in [0.2, 0.25) is 0 Å². The Hall–Kier alpha value is -3.61. The molecule has 178 valence electrons. The third-order valence-electron chi connectivity index (χ3n) is 5.69. The highest BCUT2D eigenvalue weighted by molar-refractivity contribution is 5.98. The summed E-state index contributed by atoms with van der Waals surface area (Å²) in [7, 11) is 0. The number of ether oxygens (including phenoxy) is 1. The Bertz CT molecular complexity index is 1220. The van der Waals surface area contributed by atoms with Crippen LogP contribution >= 0.6 is 0 Å². The van der Waals surface area contributed by atoms with Gasteiger partial charge in [0, 0.05) is 23.1 Å². The van der Waals surface area contributed by atoms with E-state index in [1.165, 1.54) is 12.1 Å². The zero-order valence-corrected chi connectivity index (χ0v) is 19.7. The number of hydrogen-bond acceptors (Lipinski definition) is 3. The van der Waals surface area contributed by atoms with Gasteiger partial charge in [0.05, 0.1) is 0 Å². The predicted molar refractivity (Wildman–Crippen MR) is 131 cm³/mol. The zero-order chi connectivity index (χ0) is 24.3. The molecule has 0 saturated carbocycles. The number of rotatable bonds is 5. The second kappa shape index (κ2) is 9.71. The minimum atomic E-state index is -0.550. The maximum Gasteiger partial charge on any atom is 0.411 e. The van der Waals surface area contributed by atoms with Gasteiger partial charge in [-0.15, -0.1) is 0 Å². The fourth-order valence-electron chi connectivity index (χ4n) is 4.10. The van der Waals surface area contributed by atoms with Crippen LogP contribution in [0.15, 0.2) is 60.3 Å². The number of carbonyl (C=O) groups is 2. The van der Waals surface area contributed by atoms with Crippen molar-refractivity contribution in [3.05, 3.63) is 71.8 Å². The molecular weight excluding hydrogens is 433 g/mol. The number of allylic oxidation sites excluding steroid dienone is 1. The van der Waals surface area contributed by atoms with Crippen molar-refractivity contribution in [1.29, 1.82) is 0 Å². The van der Waals surface area contributed by atoms with E-state index >= 15 is 0 Å². The topological polar surface area (TPSA) is 83.2 Å². The minimum Gasteiger partial charge on any atom is -0.444 e. The number of H-pyrrole nitrogens is 1. The van der Waals surface area contributed by atoms with Gasteiger partial charge in [0.1, 0.15) is 17.1 Å². The fraction of sp³-hybridized carbons (Fsp3) is 0.333. The van der Waals surface area contributed by atoms with Crippen molar-refractivity contribution in [2.45, 2.75) is 45.6 Å². The summed E-state index contributed by atoms with van der Waals surface area (Å²) in [6.45, 7) is 5.96. The first-order valence-electron chi connectivity index (χ1n) is 11.5. The number of amides is 2. The number of carbonyl (C=O) groups excluding carboxylic acids is 2. The van der Waals surface area contributed by atoms with Gasteiger partial charge in [-0.1, -0.05) is 30.3 Å². The van der Waals surface area contributed by atoms with Crippen LogP contribution in [0.25, 0.3) is 22.0 Å². The highest BCUT2D eigenvalue weighted by Gasteiger charge is 2.20. The SMILES string of the molecule is CC(C)(C)OC(=O)NC1=CC(CNC(=O)c2cc3ccc(-c4ccc(F)cc4)cc3[nH]2)CCC1. The van der Waals surface area contributed by atoms with E-state index in [9.17, 15) is 14.0 Å². The Kier molecular flexibility index (Phi) is 6.72. The molecule has 4 rings (SSSR count). The fourth-order valence-corrected chi connectivity index (χ4v) is 4.10. The zero-order valence-electron chi connectivity index (χ0n) is 19.7. The van der Waals surface area contributed by atoms with E-state index in [0.717, 1.165) is 47.0 Å². The van der Waals surface area contributed by atoms with Crippen LogP contribution in [-0.4, -0.2) is 29.1 Å². The highest BCUT2D eigenvalue weighted by atomic mass is 19.1. The van der Waals surface area contributed by atoms with Gasteiger partial charge in [-0.25, -0.2) is 9.18 Å². The Labute approximate surface area is 198 Å². The number of benzene rings is 2. The number of halogens is 1. The number of nitrogens with one attached hydrogen (secondary N) is 3. The van der Waals surface area contributed by atoms with Gasteiger partial charge in [0.25, 0.3) is 5.91 Å². The average molecular weight is 464 g/mol. The quantitative estimate of drug-likeness (QED) is 0.440. The molecule has 6 nitrogen and oxygen atoms in total. The van der Waals surface area contributed by atoms with Gasteiger partial charge in [-0.3, -0.25) is 10.1 Å². The lowest BCUT2D eigenvalue weighted by molar-refractivity contribution is 0.0542. The normalized spacial score (nSPS) is 16.1. The number of fused-ring (bicyclic) bond motifs is 1. The second-order valence-corrected chi connectivity index (χ2v) is 9.67. The molecule has 1 aromatic heterocycles. The minimum absolute atomic E-state index is 0.136. The summed E-state index contributed by atoms with van der Waals surface area (Å²) in [5, 5.41) is 6.75. The molecule has 2 aromatic carbocycles. The number of aromatic nitrogens is 1. The summed E-state index contributed by atoms with van der Waals surface area (Å²) in [5.74, 6) is -0.318. The molecule has 1 aliphatic rings. The van der Waals surface area contributed by atoms with Gasteiger partial charge < -0.3 is 15.0 Å². The van der Waals surface area contributed by atoms with Crippen LogP contribution in [0.5, 0.6) is 0 Å². The molecule has 0 bridgehead atoms. The molecule has 1 atom stereocenters. The molecule has 1 heterocycles. The highest BCUT2D eigenvalue weighted by Crippen LogP contribution is 2.25. The first-order chi connectivity index (χ1) is 16.2. The third-order valence-corrected chi connectivity index (χ3v) is 5.69. The van der Waals surface area contributed by atoms with Crippen LogP contribution in [0.1, 0.15) is 50.5 Å². The van der Waals surface area contributed by atoms with Gasteiger partial charge >= 0.3 is 6.09 Å². The van der Waals surface area contributed by atoms with E-state index in [1.54, 1.807) is 12.1 Å². The number of hydrogen-bond donors (Lipinski definition) is 3. The molecule has 1 unspecified atom stereocenters. The Balaban J connectivity index is 1.38. The van der Waals surface area contributed by atoms with E-state index in [-0.39, 0.29) is 17.6 Å². The van der Waals surface area contributed by atoms with Gasteiger partial charge in [0.15, 0.2) is 0 Å². The molecule has 0 aliphatic heterocycles. The van der Waals surface area contributed by atoms with Crippen LogP contribution < -0.4 is 10.6 Å². The number of alkyl carbamates (subject to hydrolysis) is 1. The Morgan fingerprint density at radius 1 is 1.09 bits per heavy atom. The summed E-state index contributed by atoms with van der Waals surface area (Å²) >= 11 is 0. The van der Waals surface area contributed by atoms with Crippen molar-refractivity contribution in [3.63, 3.8) is 0 Å². The summed E-state index contributed by atoms with van der Waals surface area (Å²) in [5.41, 5.74) is 3.46. The standard InChI is InChI=1S/C27H30FN3O3/c1-27(2,3)34-26(33)30-22-6-4-5-17(13-22)16-29-25(32)24-15-20-8-7-19(14-23(20)31-24)18-9-11-21(28)12-10-18/h7-15,17,31H,4-6,16H2,1-3H3,(H,29,32)(H,30,33). The van der Waals surface area contributed by atoms with E-state index in [0.29, 0.717) is 12.2 Å². The van der Waals surface area contributed by atoms with Gasteiger partial charge in [-0.05, 0) is 81.3 Å². The Morgan fingerprint density at radius 2 is 1.82 bits per heavy atom. The lowest BCUT2D eigenvalue weighted by Crippen LogP contribution is -2.34. The second-order valence-electron chi connectivity index (χ2n) is 9.67. The van der Waals surface area contributed by atoms with Crippen molar-refractivity contribution in [3.8, 4) is 11.1 Å². The van der Waals surface area contributed by atoms with Crippen LogP contribution in [0.2, 0.25) is 0 Å². The van der Waals surface area contributed by atoms with Crippen LogP contribution in [-0.2, 0) is 4.74 Å². The van der Waals surface area contributed by atoms with E-state index in [1.807, 2.05) is 51.1 Å². The summed E-state index contributed by atoms with van der Waals surface area (Å²) < 4.78 is 18.5. The number of aromatic amines is 1. The molecule has 0 saturated heterocycles. The molecule has 0 radical (unpaired) electrons. The van der Waals surface area contributed by atoms with Crippen LogP contribution in [0.4, 0.5) is 9.18 Å². The molecule has 0 fully saturated rings. The maximum absolute atomic E-state index is 13.2. The summed E-state index contributed by atoms with van der Waals surface area (Å²) in [4.78, 5) is 28.0. The van der Waals surface area contributed by atoms with Crippen molar-refractivity contribution < 1.29 is 18.7 Å². The molecule has 3 aromatic rings. The van der Waals surface area contributed by atoms with Gasteiger partial charge in [-0.2, -0.15) is 0 Å². The molecule has 0 spiro atoms. The average Bonchev–Trinajstić information content (AvgIpc) is 3.20. The maximum atomic E-state index is 13.2. The molecule has 7 heteroatoms. The molecule has 34 heavy (non-hydrogen) atoms. The van der Waals surface area contributed by atoms with Crippen molar-refractivity contribution in [2.24, 2.45) is 5.92 Å². The largest absolute Gasteiger partial charge is 0.444 e. The monoisotopic (exact) mass is 463 g/mol. The van der Waals surface area contributed by atoms with E-state index in [4.69, 9.17) is 4.74 Å². The first-order valence-corrected chi connectivity index (χ1v) is 11.5. The first kappa shape index (κ1) is 23.5. The van der Waals surface area contributed by atoms with E-state index < -0.39 is 11.7 Å². The van der Waals surface area contributed by atoms with Crippen LogP contribution in [0, 0.1) is 11.7 Å². The third kappa shape index (κ3) is 6.04.